The molecule has 0 aromatic carbocycles. The molecule has 0 amide bonds. The molecule has 5 unspecified atom stereocenters. The second-order valence-corrected chi connectivity index (χ2v) is 7.70. The van der Waals surface area contributed by atoms with E-state index in [1.165, 1.54) is 0 Å². The van der Waals surface area contributed by atoms with Crippen LogP contribution in [0.4, 0.5) is 0 Å². The number of esters is 2. The van der Waals surface area contributed by atoms with E-state index in [0.29, 0.717) is 12.0 Å². The van der Waals surface area contributed by atoms with E-state index in [0.717, 1.165) is 18.4 Å². The second-order valence-electron chi connectivity index (χ2n) is 7.70. The molecule has 5 heteroatoms. The molecule has 0 radical (unpaired) electrons. The molecular formula is C19H26O5. The van der Waals surface area contributed by atoms with E-state index in [2.05, 4.69) is 12.7 Å². The highest BCUT2D eigenvalue weighted by Gasteiger charge is 2.63. The molecule has 5 nitrogen and oxygen atoms in total. The van der Waals surface area contributed by atoms with E-state index in [9.17, 15) is 9.59 Å². The van der Waals surface area contributed by atoms with Crippen LogP contribution in [0.1, 0.15) is 47.0 Å². The Morgan fingerprint density at radius 3 is 2.83 bits per heavy atom. The number of ether oxygens (including phenoxy) is 3. The van der Waals surface area contributed by atoms with Gasteiger partial charge in [-0.1, -0.05) is 32.1 Å². The van der Waals surface area contributed by atoms with E-state index in [4.69, 9.17) is 14.2 Å². The van der Waals surface area contributed by atoms with E-state index in [-0.39, 0.29) is 29.5 Å². The average Bonchev–Trinajstić information content (AvgIpc) is 3.07. The summed E-state index contributed by atoms with van der Waals surface area (Å²) >= 11 is 0. The van der Waals surface area contributed by atoms with Gasteiger partial charge in [0.1, 0.15) is 18.3 Å². The molecule has 2 saturated heterocycles. The van der Waals surface area contributed by atoms with Gasteiger partial charge in [0, 0.05) is 12.0 Å². The number of epoxide rings is 1. The van der Waals surface area contributed by atoms with Crippen molar-refractivity contribution in [2.24, 2.45) is 11.8 Å². The Bertz CT molecular complexity index is 605. The zero-order chi connectivity index (χ0) is 17.6. The standard InChI is InChI=1S/C19H26O5/c1-10(2)17(20)22-13-9-11(3)7-6-8-19(5)16(24-19)15-14(13)12(4)18(21)23-15/h7,10,13-16H,4,6,8-9H2,1-3,5H3. The van der Waals surface area contributed by atoms with Crippen molar-refractivity contribution < 1.29 is 23.8 Å². The van der Waals surface area contributed by atoms with Gasteiger partial charge >= 0.3 is 11.9 Å². The maximum Gasteiger partial charge on any atom is 0.334 e. The van der Waals surface area contributed by atoms with Gasteiger partial charge in [0.15, 0.2) is 0 Å². The molecule has 2 fully saturated rings. The molecule has 2 aliphatic heterocycles. The lowest BCUT2D eigenvalue weighted by Gasteiger charge is -2.28. The van der Waals surface area contributed by atoms with Crippen molar-refractivity contribution >= 4 is 11.9 Å². The number of hydrogen-bond acceptors (Lipinski definition) is 5. The lowest BCUT2D eigenvalue weighted by molar-refractivity contribution is -0.156. The third-order valence-electron chi connectivity index (χ3n) is 5.30. The van der Waals surface area contributed by atoms with Gasteiger partial charge in [-0.2, -0.15) is 0 Å². The highest BCUT2D eigenvalue weighted by molar-refractivity contribution is 5.91. The largest absolute Gasteiger partial charge is 0.461 e. The van der Waals surface area contributed by atoms with Crippen LogP contribution in [-0.4, -0.2) is 35.9 Å². The predicted octanol–water partition coefficient (Wildman–Crippen LogP) is 2.94. The Balaban J connectivity index is 1.94. The molecule has 0 aromatic rings. The number of hydrogen-bond donors (Lipinski definition) is 0. The van der Waals surface area contributed by atoms with Crippen LogP contribution < -0.4 is 0 Å². The fraction of sp³-hybridized carbons (Fsp3) is 0.684. The molecule has 5 atom stereocenters. The van der Waals surface area contributed by atoms with Crippen molar-refractivity contribution in [1.82, 2.24) is 0 Å². The summed E-state index contributed by atoms with van der Waals surface area (Å²) in [5.41, 5.74) is 1.24. The van der Waals surface area contributed by atoms with Gasteiger partial charge in [-0.3, -0.25) is 4.79 Å². The van der Waals surface area contributed by atoms with E-state index in [1.54, 1.807) is 13.8 Å². The topological polar surface area (TPSA) is 65.1 Å². The quantitative estimate of drug-likeness (QED) is 0.336. The molecule has 0 spiro atoms. The zero-order valence-electron chi connectivity index (χ0n) is 14.8. The first-order valence-corrected chi connectivity index (χ1v) is 8.66. The molecule has 0 bridgehead atoms. The van der Waals surface area contributed by atoms with Gasteiger partial charge in [-0.15, -0.1) is 0 Å². The Labute approximate surface area is 143 Å². The number of rotatable bonds is 2. The lowest BCUT2D eigenvalue weighted by atomic mass is 9.82. The SMILES string of the molecule is C=C1C(=O)OC2C1C(OC(=O)C(C)C)CC(C)=CCCC1(C)OC21. The van der Waals surface area contributed by atoms with Gasteiger partial charge in [0.25, 0.3) is 0 Å². The molecule has 2 heterocycles. The molecule has 0 N–H and O–H groups in total. The Hall–Kier alpha value is -1.62. The van der Waals surface area contributed by atoms with Crippen LogP contribution >= 0.6 is 0 Å². The van der Waals surface area contributed by atoms with Crippen LogP contribution in [0.5, 0.6) is 0 Å². The Morgan fingerprint density at radius 1 is 1.46 bits per heavy atom. The summed E-state index contributed by atoms with van der Waals surface area (Å²) in [5.74, 6) is -1.25. The maximum atomic E-state index is 12.2. The summed E-state index contributed by atoms with van der Waals surface area (Å²) < 4.78 is 17.2. The van der Waals surface area contributed by atoms with Crippen LogP contribution in [0.25, 0.3) is 0 Å². The summed E-state index contributed by atoms with van der Waals surface area (Å²) in [5, 5.41) is 0. The van der Waals surface area contributed by atoms with Crippen molar-refractivity contribution in [3.63, 3.8) is 0 Å². The molecule has 0 saturated carbocycles. The number of carbonyl (C=O) groups excluding carboxylic acids is 2. The monoisotopic (exact) mass is 334 g/mol. The number of fused-ring (bicyclic) bond motifs is 3. The normalized spacial score (nSPS) is 38.8. The van der Waals surface area contributed by atoms with Crippen molar-refractivity contribution in [2.45, 2.75) is 70.9 Å². The first kappa shape index (κ1) is 17.2. The van der Waals surface area contributed by atoms with Gasteiger partial charge in [-0.05, 0) is 26.7 Å². The van der Waals surface area contributed by atoms with Crippen molar-refractivity contribution in [1.29, 1.82) is 0 Å². The molecular weight excluding hydrogens is 308 g/mol. The number of carbonyl (C=O) groups is 2. The highest BCUT2D eigenvalue weighted by atomic mass is 16.6. The molecule has 1 aliphatic carbocycles. The first-order valence-electron chi connectivity index (χ1n) is 8.66. The van der Waals surface area contributed by atoms with E-state index < -0.39 is 18.2 Å². The smallest absolute Gasteiger partial charge is 0.334 e. The second kappa shape index (κ2) is 6.03. The van der Waals surface area contributed by atoms with Crippen LogP contribution in [0.15, 0.2) is 23.8 Å². The van der Waals surface area contributed by atoms with Crippen LogP contribution in [0.2, 0.25) is 0 Å². The van der Waals surface area contributed by atoms with E-state index in [1.807, 2.05) is 13.8 Å². The highest BCUT2D eigenvalue weighted by Crippen LogP contribution is 2.50. The summed E-state index contributed by atoms with van der Waals surface area (Å²) in [7, 11) is 0. The average molecular weight is 334 g/mol. The van der Waals surface area contributed by atoms with Gasteiger partial charge in [0.05, 0.1) is 17.4 Å². The molecule has 132 valence electrons. The summed E-state index contributed by atoms with van der Waals surface area (Å²) in [6.07, 6.45) is 3.50. The third kappa shape index (κ3) is 3.02. The minimum Gasteiger partial charge on any atom is -0.461 e. The molecule has 3 aliphatic rings. The van der Waals surface area contributed by atoms with E-state index >= 15 is 0 Å². The van der Waals surface area contributed by atoms with Crippen molar-refractivity contribution in [2.75, 3.05) is 0 Å². The minimum atomic E-state index is -0.452. The van der Waals surface area contributed by atoms with Gasteiger partial charge < -0.3 is 14.2 Å². The van der Waals surface area contributed by atoms with Gasteiger partial charge in [-0.25, -0.2) is 4.79 Å². The fourth-order valence-corrected chi connectivity index (χ4v) is 3.70. The molecule has 24 heavy (non-hydrogen) atoms. The molecule has 3 rings (SSSR count). The first-order chi connectivity index (χ1) is 11.2. The summed E-state index contributed by atoms with van der Waals surface area (Å²) in [4.78, 5) is 24.3. The third-order valence-corrected chi connectivity index (χ3v) is 5.30. The zero-order valence-corrected chi connectivity index (χ0v) is 14.8. The van der Waals surface area contributed by atoms with Crippen LogP contribution in [0, 0.1) is 11.8 Å². The summed E-state index contributed by atoms with van der Waals surface area (Å²) in [6.45, 7) is 11.6. The van der Waals surface area contributed by atoms with Crippen molar-refractivity contribution in [3.05, 3.63) is 23.8 Å². The summed E-state index contributed by atoms with van der Waals surface area (Å²) in [6, 6.07) is 0. The Morgan fingerprint density at radius 2 is 2.17 bits per heavy atom. The fourth-order valence-electron chi connectivity index (χ4n) is 3.70. The minimum absolute atomic E-state index is 0.155. The Kier molecular flexibility index (Phi) is 4.32. The molecule has 0 aromatic heterocycles. The van der Waals surface area contributed by atoms with Gasteiger partial charge in [0.2, 0.25) is 0 Å². The van der Waals surface area contributed by atoms with Crippen LogP contribution in [-0.2, 0) is 23.8 Å². The lowest BCUT2D eigenvalue weighted by Crippen LogP contribution is -2.39. The van der Waals surface area contributed by atoms with Crippen LogP contribution in [0.3, 0.4) is 0 Å². The maximum absolute atomic E-state index is 12.2. The van der Waals surface area contributed by atoms with Crippen molar-refractivity contribution in [3.8, 4) is 0 Å². The number of allylic oxidation sites excluding steroid dienone is 1. The predicted molar refractivity (Wildman–Crippen MR) is 88.1 cm³/mol.